The maximum Gasteiger partial charge on any atom is 0.319 e. The Morgan fingerprint density at radius 2 is 1.68 bits per heavy atom. The van der Waals surface area contributed by atoms with Crippen LogP contribution < -0.4 is 10.6 Å². The van der Waals surface area contributed by atoms with Gasteiger partial charge >= 0.3 is 6.03 Å². The van der Waals surface area contributed by atoms with Crippen LogP contribution >= 0.6 is 0 Å². The maximum absolute atomic E-state index is 13.0. The molecule has 0 radical (unpaired) electrons. The minimum absolute atomic E-state index is 0.0547. The van der Waals surface area contributed by atoms with Crippen LogP contribution in [0.4, 0.5) is 14.9 Å². The number of anilines is 1. The summed E-state index contributed by atoms with van der Waals surface area (Å²) < 4.78 is 13.0. The first kappa shape index (κ1) is 17.4. The number of benzene rings is 2. The second-order valence-corrected chi connectivity index (χ2v) is 6.49. The molecule has 4 nitrogen and oxygen atoms in total. The Kier molecular flexibility index (Phi) is 5.66. The lowest BCUT2D eigenvalue weighted by atomic mass is 9.99. The van der Waals surface area contributed by atoms with Crippen molar-refractivity contribution in [2.24, 2.45) is 0 Å². The molecule has 2 atom stereocenters. The molecular formula is C20H24FN3O. The van der Waals surface area contributed by atoms with E-state index in [9.17, 15) is 9.18 Å². The molecule has 0 aliphatic carbocycles. The van der Waals surface area contributed by atoms with Crippen molar-refractivity contribution in [1.29, 1.82) is 0 Å². The lowest BCUT2D eigenvalue weighted by molar-refractivity contribution is 0.197. The number of urea groups is 1. The molecule has 1 aliphatic rings. The first-order chi connectivity index (χ1) is 12.1. The third-order valence-corrected chi connectivity index (χ3v) is 4.61. The number of rotatable bonds is 5. The highest BCUT2D eigenvalue weighted by molar-refractivity contribution is 5.89. The molecule has 2 N–H and O–H groups in total. The number of carbonyl (C=O) groups excluding carboxylic acids is 1. The second-order valence-electron chi connectivity index (χ2n) is 6.49. The molecule has 1 heterocycles. The zero-order valence-electron chi connectivity index (χ0n) is 14.4. The molecule has 0 unspecified atom stereocenters. The Morgan fingerprint density at radius 3 is 2.32 bits per heavy atom. The highest BCUT2D eigenvalue weighted by atomic mass is 19.1. The molecule has 2 amide bonds. The van der Waals surface area contributed by atoms with Crippen LogP contribution in [0.25, 0.3) is 0 Å². The van der Waals surface area contributed by atoms with E-state index in [1.54, 1.807) is 12.1 Å². The fourth-order valence-electron chi connectivity index (χ4n) is 3.47. The van der Waals surface area contributed by atoms with E-state index < -0.39 is 0 Å². The summed E-state index contributed by atoms with van der Waals surface area (Å²) in [5, 5.41) is 5.79. The highest BCUT2D eigenvalue weighted by Crippen LogP contribution is 2.28. The summed E-state index contributed by atoms with van der Waals surface area (Å²) in [6, 6.07) is 15.9. The van der Waals surface area contributed by atoms with Gasteiger partial charge in [-0.2, -0.15) is 0 Å². The Labute approximate surface area is 148 Å². The van der Waals surface area contributed by atoms with Crippen molar-refractivity contribution in [2.45, 2.75) is 31.8 Å². The van der Waals surface area contributed by atoms with Crippen molar-refractivity contribution in [1.82, 2.24) is 10.2 Å². The predicted molar refractivity (Wildman–Crippen MR) is 98.0 cm³/mol. The predicted octanol–water partition coefficient (Wildman–Crippen LogP) is 4.17. The van der Waals surface area contributed by atoms with Gasteiger partial charge in [0, 0.05) is 11.7 Å². The molecule has 0 spiro atoms. The van der Waals surface area contributed by atoms with Gasteiger partial charge in [-0.15, -0.1) is 0 Å². The Hall–Kier alpha value is -2.40. The van der Waals surface area contributed by atoms with Crippen LogP contribution in [0.1, 0.15) is 31.4 Å². The topological polar surface area (TPSA) is 44.4 Å². The molecule has 1 fully saturated rings. The molecule has 0 saturated carbocycles. The normalized spacial score (nSPS) is 17.0. The first-order valence-corrected chi connectivity index (χ1v) is 8.75. The zero-order chi connectivity index (χ0) is 17.6. The van der Waals surface area contributed by atoms with Gasteiger partial charge in [0.15, 0.2) is 0 Å². The van der Waals surface area contributed by atoms with E-state index in [2.05, 4.69) is 27.7 Å². The molecule has 3 rings (SSSR count). The van der Waals surface area contributed by atoms with Gasteiger partial charge in [0.05, 0.1) is 6.04 Å². The lowest BCUT2D eigenvalue weighted by Crippen LogP contribution is -2.45. The Bertz CT molecular complexity index is 684. The van der Waals surface area contributed by atoms with Gasteiger partial charge in [-0.1, -0.05) is 30.3 Å². The van der Waals surface area contributed by atoms with Gasteiger partial charge in [0.25, 0.3) is 0 Å². The number of hydrogen-bond donors (Lipinski definition) is 2. The van der Waals surface area contributed by atoms with Crippen LogP contribution in [-0.2, 0) is 0 Å². The standard InChI is InChI=1S/C20H24FN3O/c1-15(22-20(25)23-18-11-9-17(21)10-12-18)19(24-13-5-6-14-24)16-7-3-2-4-8-16/h2-4,7-12,15,19H,5-6,13-14H2,1H3,(H2,22,23,25)/t15-,19-/m1/s1. The number of amides is 2. The van der Waals surface area contributed by atoms with Gasteiger partial charge in [0.1, 0.15) is 5.82 Å². The van der Waals surface area contributed by atoms with Crippen molar-refractivity contribution in [3.8, 4) is 0 Å². The van der Waals surface area contributed by atoms with Gasteiger partial charge in [-0.05, 0) is 62.7 Å². The molecule has 25 heavy (non-hydrogen) atoms. The largest absolute Gasteiger partial charge is 0.333 e. The summed E-state index contributed by atoms with van der Waals surface area (Å²) in [6.45, 7) is 4.12. The SMILES string of the molecule is C[C@@H](NC(=O)Nc1ccc(F)cc1)[C@H](c1ccccc1)N1CCCC1. The van der Waals surface area contributed by atoms with Crippen LogP contribution in [0.3, 0.4) is 0 Å². The fourth-order valence-corrected chi connectivity index (χ4v) is 3.47. The Morgan fingerprint density at radius 1 is 1.04 bits per heavy atom. The number of hydrogen-bond acceptors (Lipinski definition) is 2. The second kappa shape index (κ2) is 8.12. The summed E-state index contributed by atoms with van der Waals surface area (Å²) in [4.78, 5) is 14.8. The van der Waals surface area contributed by atoms with E-state index in [-0.39, 0.29) is 23.9 Å². The average Bonchev–Trinajstić information content (AvgIpc) is 3.12. The van der Waals surface area contributed by atoms with Crippen molar-refractivity contribution in [2.75, 3.05) is 18.4 Å². The number of nitrogens with one attached hydrogen (secondary N) is 2. The van der Waals surface area contributed by atoms with Crippen molar-refractivity contribution in [3.05, 3.63) is 66.0 Å². The third-order valence-electron chi connectivity index (χ3n) is 4.61. The smallest absolute Gasteiger partial charge is 0.319 e. The summed E-state index contributed by atoms with van der Waals surface area (Å²) in [7, 11) is 0. The van der Waals surface area contributed by atoms with Gasteiger partial charge in [0.2, 0.25) is 0 Å². The van der Waals surface area contributed by atoms with E-state index in [1.165, 1.54) is 30.5 Å². The molecule has 132 valence electrons. The van der Waals surface area contributed by atoms with Crippen LogP contribution in [0.5, 0.6) is 0 Å². The third kappa shape index (κ3) is 4.57. The van der Waals surface area contributed by atoms with E-state index in [4.69, 9.17) is 0 Å². The van der Waals surface area contributed by atoms with E-state index in [0.29, 0.717) is 5.69 Å². The van der Waals surface area contributed by atoms with Crippen LogP contribution in [0.2, 0.25) is 0 Å². The van der Waals surface area contributed by atoms with E-state index >= 15 is 0 Å². The van der Waals surface area contributed by atoms with Gasteiger partial charge in [-0.3, -0.25) is 4.90 Å². The van der Waals surface area contributed by atoms with E-state index in [1.807, 2.05) is 25.1 Å². The number of nitrogens with zero attached hydrogens (tertiary/aromatic N) is 1. The van der Waals surface area contributed by atoms with Crippen LogP contribution in [0, 0.1) is 5.82 Å². The number of carbonyl (C=O) groups is 1. The van der Waals surface area contributed by atoms with Crippen molar-refractivity contribution >= 4 is 11.7 Å². The van der Waals surface area contributed by atoms with Gasteiger partial charge < -0.3 is 10.6 Å². The summed E-state index contributed by atoms with van der Waals surface area (Å²) >= 11 is 0. The molecule has 0 aromatic heterocycles. The van der Waals surface area contributed by atoms with Crippen molar-refractivity contribution < 1.29 is 9.18 Å². The van der Waals surface area contributed by atoms with E-state index in [0.717, 1.165) is 13.1 Å². The molecule has 2 aromatic rings. The first-order valence-electron chi connectivity index (χ1n) is 8.75. The molecule has 5 heteroatoms. The number of halogens is 1. The minimum atomic E-state index is -0.322. The van der Waals surface area contributed by atoms with Crippen LogP contribution in [-0.4, -0.2) is 30.1 Å². The molecule has 2 aromatic carbocycles. The highest BCUT2D eigenvalue weighted by Gasteiger charge is 2.29. The lowest BCUT2D eigenvalue weighted by Gasteiger charge is -2.33. The molecular weight excluding hydrogens is 317 g/mol. The fraction of sp³-hybridized carbons (Fsp3) is 0.350. The summed E-state index contributed by atoms with van der Waals surface area (Å²) in [6.07, 6.45) is 2.38. The van der Waals surface area contributed by atoms with Crippen molar-refractivity contribution in [3.63, 3.8) is 0 Å². The molecule has 1 aliphatic heterocycles. The van der Waals surface area contributed by atoms with Gasteiger partial charge in [-0.25, -0.2) is 9.18 Å². The molecule has 1 saturated heterocycles. The van der Waals surface area contributed by atoms with Crippen LogP contribution in [0.15, 0.2) is 54.6 Å². The zero-order valence-corrected chi connectivity index (χ0v) is 14.4. The Balaban J connectivity index is 1.68. The summed E-state index contributed by atoms with van der Waals surface area (Å²) in [5.74, 6) is -0.322. The average molecular weight is 341 g/mol. The molecule has 0 bridgehead atoms. The number of likely N-dealkylation sites (tertiary alicyclic amines) is 1. The summed E-state index contributed by atoms with van der Waals surface area (Å²) in [5.41, 5.74) is 1.78. The maximum atomic E-state index is 13.0. The quantitative estimate of drug-likeness (QED) is 0.857. The monoisotopic (exact) mass is 341 g/mol. The minimum Gasteiger partial charge on any atom is -0.333 e.